The predicted octanol–water partition coefficient (Wildman–Crippen LogP) is 0.784. The first-order valence-corrected chi connectivity index (χ1v) is 5.41. The van der Waals surface area contributed by atoms with Gasteiger partial charge >= 0.3 is 0 Å². The molecule has 1 atom stereocenters. The molecule has 1 heterocycles. The third-order valence-corrected chi connectivity index (χ3v) is 2.97. The highest BCUT2D eigenvalue weighted by Gasteiger charge is 2.25. The van der Waals surface area contributed by atoms with E-state index in [1.54, 1.807) is 23.1 Å². The highest BCUT2D eigenvalue weighted by molar-refractivity contribution is 5.95. The molecule has 1 aromatic carbocycles. The summed E-state index contributed by atoms with van der Waals surface area (Å²) in [4.78, 5) is 13.7. The molecule has 0 radical (unpaired) electrons. The van der Waals surface area contributed by atoms with Gasteiger partial charge in [-0.15, -0.1) is 0 Å². The van der Waals surface area contributed by atoms with Crippen molar-refractivity contribution in [3.8, 4) is 0 Å². The molecule has 1 aliphatic heterocycles. The molecule has 4 heteroatoms. The third-order valence-electron chi connectivity index (χ3n) is 2.97. The monoisotopic (exact) mass is 220 g/mol. The van der Waals surface area contributed by atoms with Gasteiger partial charge in [-0.1, -0.05) is 0 Å². The van der Waals surface area contributed by atoms with Crippen molar-refractivity contribution in [1.82, 2.24) is 4.90 Å². The maximum atomic E-state index is 12.0. The molecule has 1 fully saturated rings. The molecule has 16 heavy (non-hydrogen) atoms. The molecule has 1 amide bonds. The van der Waals surface area contributed by atoms with Crippen LogP contribution in [-0.2, 0) is 0 Å². The van der Waals surface area contributed by atoms with Crippen LogP contribution in [0.15, 0.2) is 18.2 Å². The number of nitrogen functional groups attached to an aromatic ring is 1. The molecule has 0 saturated carbocycles. The summed E-state index contributed by atoms with van der Waals surface area (Å²) in [7, 11) is 0. The van der Waals surface area contributed by atoms with Gasteiger partial charge in [0.05, 0.1) is 6.10 Å². The van der Waals surface area contributed by atoms with Crippen LogP contribution in [0.3, 0.4) is 0 Å². The standard InChI is InChI=1S/C12H16N2O2/c1-8-6-9(2-3-11(8)13)12(16)14-5-4-10(15)7-14/h2-3,6,10,15H,4-5,7,13H2,1H3. The summed E-state index contributed by atoms with van der Waals surface area (Å²) in [6, 6.07) is 5.27. The summed E-state index contributed by atoms with van der Waals surface area (Å²) in [6.45, 7) is 2.94. The molecular formula is C12H16N2O2. The molecule has 0 aromatic heterocycles. The lowest BCUT2D eigenvalue weighted by atomic mass is 10.1. The number of aliphatic hydroxyl groups is 1. The molecule has 1 aromatic rings. The second kappa shape index (κ2) is 4.14. The van der Waals surface area contributed by atoms with Gasteiger partial charge in [0, 0.05) is 24.3 Å². The molecular weight excluding hydrogens is 204 g/mol. The zero-order valence-electron chi connectivity index (χ0n) is 9.31. The molecule has 1 unspecified atom stereocenters. The van der Waals surface area contributed by atoms with Crippen molar-refractivity contribution in [1.29, 1.82) is 0 Å². The van der Waals surface area contributed by atoms with Crippen LogP contribution in [0.2, 0.25) is 0 Å². The van der Waals surface area contributed by atoms with E-state index in [0.717, 1.165) is 5.56 Å². The van der Waals surface area contributed by atoms with Gasteiger partial charge in [-0.2, -0.15) is 0 Å². The van der Waals surface area contributed by atoms with E-state index in [1.165, 1.54) is 0 Å². The largest absolute Gasteiger partial charge is 0.399 e. The first kappa shape index (κ1) is 11.0. The Balaban J connectivity index is 2.18. The number of benzene rings is 1. The van der Waals surface area contributed by atoms with Crippen LogP contribution in [-0.4, -0.2) is 35.1 Å². The Hall–Kier alpha value is -1.55. The lowest BCUT2D eigenvalue weighted by Gasteiger charge is -2.16. The van der Waals surface area contributed by atoms with Crippen molar-refractivity contribution in [3.05, 3.63) is 29.3 Å². The second-order valence-corrected chi connectivity index (χ2v) is 4.27. The average molecular weight is 220 g/mol. The van der Waals surface area contributed by atoms with Crippen LogP contribution < -0.4 is 5.73 Å². The summed E-state index contributed by atoms with van der Waals surface area (Å²) in [5.41, 5.74) is 7.94. The van der Waals surface area contributed by atoms with Crippen LogP contribution in [0.5, 0.6) is 0 Å². The molecule has 0 aliphatic carbocycles. The number of hydrogen-bond acceptors (Lipinski definition) is 3. The molecule has 86 valence electrons. The highest BCUT2D eigenvalue weighted by Crippen LogP contribution is 2.17. The smallest absolute Gasteiger partial charge is 0.253 e. The summed E-state index contributed by atoms with van der Waals surface area (Å²) >= 11 is 0. The number of nitrogens with zero attached hydrogens (tertiary/aromatic N) is 1. The van der Waals surface area contributed by atoms with E-state index in [4.69, 9.17) is 5.73 Å². The van der Waals surface area contributed by atoms with Crippen molar-refractivity contribution in [2.24, 2.45) is 0 Å². The van der Waals surface area contributed by atoms with Gasteiger partial charge in [0.25, 0.3) is 5.91 Å². The summed E-state index contributed by atoms with van der Waals surface area (Å²) in [5, 5.41) is 9.38. The van der Waals surface area contributed by atoms with E-state index in [2.05, 4.69) is 0 Å². The number of carbonyl (C=O) groups excluding carboxylic acids is 1. The minimum atomic E-state index is -0.376. The van der Waals surface area contributed by atoms with E-state index < -0.39 is 0 Å². The SMILES string of the molecule is Cc1cc(C(=O)N2CCC(O)C2)ccc1N. The highest BCUT2D eigenvalue weighted by atomic mass is 16.3. The number of nitrogens with two attached hydrogens (primary N) is 1. The zero-order valence-corrected chi connectivity index (χ0v) is 9.31. The Bertz CT molecular complexity index is 417. The minimum absolute atomic E-state index is 0.0281. The maximum absolute atomic E-state index is 12.0. The van der Waals surface area contributed by atoms with Crippen molar-refractivity contribution < 1.29 is 9.90 Å². The van der Waals surface area contributed by atoms with Gasteiger partial charge in [-0.05, 0) is 37.1 Å². The Morgan fingerprint density at radius 1 is 1.56 bits per heavy atom. The van der Waals surface area contributed by atoms with E-state index in [-0.39, 0.29) is 12.0 Å². The fourth-order valence-corrected chi connectivity index (χ4v) is 1.92. The van der Waals surface area contributed by atoms with Crippen molar-refractivity contribution in [2.45, 2.75) is 19.4 Å². The first-order valence-electron chi connectivity index (χ1n) is 5.41. The zero-order chi connectivity index (χ0) is 11.7. The second-order valence-electron chi connectivity index (χ2n) is 4.27. The van der Waals surface area contributed by atoms with Crippen molar-refractivity contribution >= 4 is 11.6 Å². The molecule has 3 N–H and O–H groups in total. The Labute approximate surface area is 94.7 Å². The number of hydrogen-bond donors (Lipinski definition) is 2. The van der Waals surface area contributed by atoms with E-state index in [1.807, 2.05) is 6.92 Å². The van der Waals surface area contributed by atoms with Crippen LogP contribution >= 0.6 is 0 Å². The van der Waals surface area contributed by atoms with Gasteiger partial charge < -0.3 is 15.7 Å². The molecule has 0 bridgehead atoms. The van der Waals surface area contributed by atoms with Gasteiger partial charge in [0.2, 0.25) is 0 Å². The van der Waals surface area contributed by atoms with E-state index in [0.29, 0.717) is 30.8 Å². The van der Waals surface area contributed by atoms with Crippen LogP contribution in [0.4, 0.5) is 5.69 Å². The van der Waals surface area contributed by atoms with Gasteiger partial charge in [0.1, 0.15) is 0 Å². The number of rotatable bonds is 1. The number of carbonyl (C=O) groups is 1. The summed E-state index contributed by atoms with van der Waals surface area (Å²) < 4.78 is 0. The number of amides is 1. The van der Waals surface area contributed by atoms with Gasteiger partial charge in [-0.3, -0.25) is 4.79 Å². The van der Waals surface area contributed by atoms with Crippen LogP contribution in [0.25, 0.3) is 0 Å². The fraction of sp³-hybridized carbons (Fsp3) is 0.417. The molecule has 1 aliphatic rings. The lowest BCUT2D eigenvalue weighted by molar-refractivity contribution is 0.0765. The minimum Gasteiger partial charge on any atom is -0.399 e. The van der Waals surface area contributed by atoms with Crippen molar-refractivity contribution in [3.63, 3.8) is 0 Å². The molecule has 1 saturated heterocycles. The number of β-amino-alcohol motifs (C(OH)–C–C–N with tert-alkyl or cyclic N) is 1. The number of aliphatic hydroxyl groups excluding tert-OH is 1. The summed E-state index contributed by atoms with van der Waals surface area (Å²) in [6.07, 6.45) is 0.290. The van der Waals surface area contributed by atoms with E-state index in [9.17, 15) is 9.90 Å². The average Bonchev–Trinajstić information content (AvgIpc) is 2.68. The maximum Gasteiger partial charge on any atom is 0.253 e. The molecule has 2 rings (SSSR count). The van der Waals surface area contributed by atoms with Crippen LogP contribution in [0.1, 0.15) is 22.3 Å². The topological polar surface area (TPSA) is 66.6 Å². The number of aryl methyl sites for hydroxylation is 1. The van der Waals surface area contributed by atoms with Gasteiger partial charge in [0.15, 0.2) is 0 Å². The van der Waals surface area contributed by atoms with E-state index >= 15 is 0 Å². The number of likely N-dealkylation sites (tertiary alicyclic amines) is 1. The Morgan fingerprint density at radius 3 is 2.88 bits per heavy atom. The van der Waals surface area contributed by atoms with Crippen molar-refractivity contribution in [2.75, 3.05) is 18.8 Å². The summed E-state index contributed by atoms with van der Waals surface area (Å²) in [5.74, 6) is -0.0281. The Kier molecular flexibility index (Phi) is 2.83. The quantitative estimate of drug-likeness (QED) is 0.687. The fourth-order valence-electron chi connectivity index (χ4n) is 1.92. The molecule has 4 nitrogen and oxygen atoms in total. The first-order chi connectivity index (χ1) is 7.58. The molecule has 0 spiro atoms. The lowest BCUT2D eigenvalue weighted by Crippen LogP contribution is -2.29. The Morgan fingerprint density at radius 2 is 2.31 bits per heavy atom. The third kappa shape index (κ3) is 2.02. The van der Waals surface area contributed by atoms with Crippen LogP contribution in [0, 0.1) is 6.92 Å². The normalized spacial score (nSPS) is 20.1. The predicted molar refractivity (Wildman–Crippen MR) is 62.1 cm³/mol. The van der Waals surface area contributed by atoms with Gasteiger partial charge in [-0.25, -0.2) is 0 Å². The number of anilines is 1.